The van der Waals surface area contributed by atoms with Gasteiger partial charge in [-0.1, -0.05) is 6.07 Å². The molecule has 5 heteroatoms. The van der Waals surface area contributed by atoms with Crippen LogP contribution in [0.1, 0.15) is 21.6 Å². The fourth-order valence-corrected chi connectivity index (χ4v) is 2.87. The van der Waals surface area contributed by atoms with E-state index in [-0.39, 0.29) is 5.91 Å². The SMILES string of the molecule is Cc1cc(C)c(NC(=O)c2cc(Br)c[nH]2)c(Br)c1. The molecule has 1 aromatic heterocycles. The summed E-state index contributed by atoms with van der Waals surface area (Å²) >= 11 is 6.77. The molecule has 2 N–H and O–H groups in total. The molecule has 1 aromatic carbocycles. The molecule has 94 valence electrons. The summed E-state index contributed by atoms with van der Waals surface area (Å²) in [5.41, 5.74) is 3.51. The third-order valence-corrected chi connectivity index (χ3v) is 3.65. The predicted octanol–water partition coefficient (Wildman–Crippen LogP) is 4.41. The molecule has 0 aliphatic rings. The highest BCUT2D eigenvalue weighted by molar-refractivity contribution is 9.10. The summed E-state index contributed by atoms with van der Waals surface area (Å²) in [5, 5.41) is 2.90. The lowest BCUT2D eigenvalue weighted by molar-refractivity contribution is 0.102. The van der Waals surface area contributed by atoms with Crippen molar-refractivity contribution in [2.75, 3.05) is 5.32 Å². The second-order valence-electron chi connectivity index (χ2n) is 4.12. The van der Waals surface area contributed by atoms with Gasteiger partial charge >= 0.3 is 0 Å². The number of benzene rings is 1. The van der Waals surface area contributed by atoms with Gasteiger partial charge in [-0.3, -0.25) is 4.79 Å². The van der Waals surface area contributed by atoms with E-state index in [2.05, 4.69) is 42.2 Å². The number of aromatic nitrogens is 1. The van der Waals surface area contributed by atoms with Crippen LogP contribution in [0.25, 0.3) is 0 Å². The van der Waals surface area contributed by atoms with Crippen molar-refractivity contribution in [2.24, 2.45) is 0 Å². The fraction of sp³-hybridized carbons (Fsp3) is 0.154. The Morgan fingerprint density at radius 2 is 1.94 bits per heavy atom. The number of aromatic amines is 1. The lowest BCUT2D eigenvalue weighted by Gasteiger charge is -2.11. The zero-order valence-corrected chi connectivity index (χ0v) is 13.1. The lowest BCUT2D eigenvalue weighted by atomic mass is 10.1. The van der Waals surface area contributed by atoms with Gasteiger partial charge in [0.1, 0.15) is 5.69 Å². The normalized spacial score (nSPS) is 10.4. The van der Waals surface area contributed by atoms with Crippen molar-refractivity contribution < 1.29 is 4.79 Å². The zero-order chi connectivity index (χ0) is 13.3. The molecule has 0 fully saturated rings. The van der Waals surface area contributed by atoms with Crippen LogP contribution in [-0.2, 0) is 0 Å². The molecule has 1 heterocycles. The summed E-state index contributed by atoms with van der Waals surface area (Å²) in [5.74, 6) is -0.159. The lowest BCUT2D eigenvalue weighted by Crippen LogP contribution is -2.13. The first-order valence-corrected chi connectivity index (χ1v) is 6.98. The highest BCUT2D eigenvalue weighted by atomic mass is 79.9. The number of anilines is 1. The summed E-state index contributed by atoms with van der Waals surface area (Å²) in [6, 6.07) is 5.75. The number of carbonyl (C=O) groups excluding carboxylic acids is 1. The minimum atomic E-state index is -0.159. The standard InChI is InChI=1S/C13H12Br2N2O/c1-7-3-8(2)12(10(15)4-7)17-13(18)11-5-9(14)6-16-11/h3-6,16H,1-2H3,(H,17,18). The number of hydrogen-bond donors (Lipinski definition) is 2. The van der Waals surface area contributed by atoms with Crippen molar-refractivity contribution in [1.29, 1.82) is 0 Å². The molecule has 0 saturated heterocycles. The third-order valence-electron chi connectivity index (χ3n) is 2.56. The monoisotopic (exact) mass is 370 g/mol. The average molecular weight is 372 g/mol. The van der Waals surface area contributed by atoms with Gasteiger partial charge in [-0.05, 0) is 69.0 Å². The Balaban J connectivity index is 2.27. The number of carbonyl (C=O) groups is 1. The first-order valence-electron chi connectivity index (χ1n) is 5.39. The highest BCUT2D eigenvalue weighted by Crippen LogP contribution is 2.28. The van der Waals surface area contributed by atoms with Crippen molar-refractivity contribution in [3.63, 3.8) is 0 Å². The average Bonchev–Trinajstić information content (AvgIpc) is 2.70. The third kappa shape index (κ3) is 2.84. The molecule has 0 aliphatic carbocycles. The van der Waals surface area contributed by atoms with E-state index in [0.717, 1.165) is 25.8 Å². The second-order valence-corrected chi connectivity index (χ2v) is 5.89. The molecule has 2 aromatic rings. The van der Waals surface area contributed by atoms with Crippen LogP contribution in [-0.4, -0.2) is 10.9 Å². The Morgan fingerprint density at radius 1 is 1.22 bits per heavy atom. The van der Waals surface area contributed by atoms with E-state index in [0.29, 0.717) is 5.69 Å². The maximum Gasteiger partial charge on any atom is 0.272 e. The molecular weight excluding hydrogens is 360 g/mol. The van der Waals surface area contributed by atoms with Crippen LogP contribution in [0.4, 0.5) is 5.69 Å². The Kier molecular flexibility index (Phi) is 3.92. The quantitative estimate of drug-likeness (QED) is 0.806. The zero-order valence-electron chi connectivity index (χ0n) is 9.97. The van der Waals surface area contributed by atoms with Crippen LogP contribution < -0.4 is 5.32 Å². The van der Waals surface area contributed by atoms with Crippen LogP contribution in [0, 0.1) is 13.8 Å². The van der Waals surface area contributed by atoms with Crippen LogP contribution >= 0.6 is 31.9 Å². The second kappa shape index (κ2) is 5.28. The summed E-state index contributed by atoms with van der Waals surface area (Å²) in [6.45, 7) is 3.99. The molecule has 3 nitrogen and oxygen atoms in total. The van der Waals surface area contributed by atoms with Gasteiger partial charge in [-0.25, -0.2) is 0 Å². The molecule has 0 aliphatic heterocycles. The van der Waals surface area contributed by atoms with Gasteiger partial charge in [-0.15, -0.1) is 0 Å². The minimum absolute atomic E-state index is 0.159. The maximum atomic E-state index is 12.0. The van der Waals surface area contributed by atoms with Crippen molar-refractivity contribution in [3.8, 4) is 0 Å². The van der Waals surface area contributed by atoms with Crippen LogP contribution in [0.3, 0.4) is 0 Å². The van der Waals surface area contributed by atoms with Crippen LogP contribution in [0.5, 0.6) is 0 Å². The molecule has 0 atom stereocenters. The van der Waals surface area contributed by atoms with E-state index < -0.39 is 0 Å². The van der Waals surface area contributed by atoms with Gasteiger partial charge in [0.05, 0.1) is 5.69 Å². The predicted molar refractivity (Wildman–Crippen MR) is 80.1 cm³/mol. The first kappa shape index (κ1) is 13.4. The maximum absolute atomic E-state index is 12.0. The number of nitrogens with one attached hydrogen (secondary N) is 2. The van der Waals surface area contributed by atoms with Gasteiger partial charge in [0.15, 0.2) is 0 Å². The van der Waals surface area contributed by atoms with Gasteiger partial charge < -0.3 is 10.3 Å². The van der Waals surface area contributed by atoms with Crippen LogP contribution in [0.15, 0.2) is 33.3 Å². The molecule has 2 rings (SSSR count). The molecule has 0 bridgehead atoms. The first-order chi connectivity index (χ1) is 8.47. The van der Waals surface area contributed by atoms with Crippen molar-refractivity contribution in [3.05, 3.63) is 50.2 Å². The summed E-state index contributed by atoms with van der Waals surface area (Å²) in [7, 11) is 0. The van der Waals surface area contributed by atoms with Gasteiger partial charge in [0.25, 0.3) is 5.91 Å². The fourth-order valence-electron chi connectivity index (χ4n) is 1.75. The number of aryl methyl sites for hydroxylation is 2. The Bertz CT molecular complexity index is 582. The highest BCUT2D eigenvalue weighted by Gasteiger charge is 2.12. The summed E-state index contributed by atoms with van der Waals surface area (Å²) in [6.07, 6.45) is 1.73. The molecule has 0 spiro atoms. The van der Waals surface area contributed by atoms with E-state index in [1.165, 1.54) is 0 Å². The molecule has 0 unspecified atom stereocenters. The minimum Gasteiger partial charge on any atom is -0.356 e. The van der Waals surface area contributed by atoms with E-state index in [1.54, 1.807) is 12.3 Å². The van der Waals surface area contributed by atoms with E-state index in [4.69, 9.17) is 0 Å². The molecular formula is C13H12Br2N2O. The van der Waals surface area contributed by atoms with Crippen LogP contribution in [0.2, 0.25) is 0 Å². The smallest absolute Gasteiger partial charge is 0.272 e. The van der Waals surface area contributed by atoms with Crippen molar-refractivity contribution in [1.82, 2.24) is 4.98 Å². The van der Waals surface area contributed by atoms with Crippen molar-refractivity contribution >= 4 is 43.5 Å². The molecule has 1 amide bonds. The number of H-pyrrole nitrogens is 1. The molecule has 18 heavy (non-hydrogen) atoms. The topological polar surface area (TPSA) is 44.9 Å². The van der Waals surface area contributed by atoms with Gasteiger partial charge in [0.2, 0.25) is 0 Å². The number of amides is 1. The van der Waals surface area contributed by atoms with Gasteiger partial charge in [-0.2, -0.15) is 0 Å². The number of rotatable bonds is 2. The molecule has 0 saturated carbocycles. The number of halogens is 2. The summed E-state index contributed by atoms with van der Waals surface area (Å²) in [4.78, 5) is 14.9. The largest absolute Gasteiger partial charge is 0.356 e. The Labute approximate surface area is 122 Å². The molecule has 0 radical (unpaired) electrons. The Hall–Kier alpha value is -1.07. The van der Waals surface area contributed by atoms with Crippen molar-refractivity contribution in [2.45, 2.75) is 13.8 Å². The van der Waals surface area contributed by atoms with E-state index in [9.17, 15) is 4.79 Å². The Morgan fingerprint density at radius 3 is 2.50 bits per heavy atom. The number of hydrogen-bond acceptors (Lipinski definition) is 1. The van der Waals surface area contributed by atoms with E-state index in [1.807, 2.05) is 26.0 Å². The van der Waals surface area contributed by atoms with E-state index >= 15 is 0 Å². The summed E-state index contributed by atoms with van der Waals surface area (Å²) < 4.78 is 1.74. The van der Waals surface area contributed by atoms with Gasteiger partial charge in [0, 0.05) is 15.1 Å².